The van der Waals surface area contributed by atoms with Crippen LogP contribution in [0.15, 0.2) is 47.3 Å². The number of aromatic nitrogens is 1. The van der Waals surface area contributed by atoms with Crippen molar-refractivity contribution in [3.63, 3.8) is 0 Å². The minimum atomic E-state index is -0.530. The van der Waals surface area contributed by atoms with Gasteiger partial charge in [0.2, 0.25) is 5.91 Å². The van der Waals surface area contributed by atoms with Gasteiger partial charge in [0.25, 0.3) is 5.91 Å². The van der Waals surface area contributed by atoms with Crippen LogP contribution in [0.4, 0.5) is 5.69 Å². The molecular weight excluding hydrogens is 414 g/mol. The van der Waals surface area contributed by atoms with E-state index in [2.05, 4.69) is 15.6 Å². The third-order valence-corrected chi connectivity index (χ3v) is 5.10. The number of hydrogen-bond donors (Lipinski definition) is 2. The maximum Gasteiger partial charge on any atom is 0.337 e. The number of anilines is 1. The molecule has 0 spiro atoms. The van der Waals surface area contributed by atoms with Gasteiger partial charge in [0.05, 0.1) is 30.3 Å². The molecule has 160 valence electrons. The normalized spacial score (nSPS) is 10.4. The molecule has 0 aliphatic rings. The topological polar surface area (TPSA) is 97.4 Å². The third kappa shape index (κ3) is 6.23. The molecule has 0 aliphatic heterocycles. The lowest BCUT2D eigenvalue weighted by molar-refractivity contribution is -0.115. The highest BCUT2D eigenvalue weighted by molar-refractivity contribution is 7.07. The highest BCUT2D eigenvalue weighted by Gasteiger charge is 2.13. The number of rotatable bonds is 7. The maximum atomic E-state index is 12.6. The Morgan fingerprint density at radius 2 is 1.74 bits per heavy atom. The van der Waals surface area contributed by atoms with Crippen LogP contribution >= 0.6 is 11.3 Å². The van der Waals surface area contributed by atoms with Gasteiger partial charge < -0.3 is 15.4 Å². The number of hydrogen-bond acceptors (Lipinski definition) is 6. The second-order valence-corrected chi connectivity index (χ2v) is 7.89. The Morgan fingerprint density at radius 3 is 2.39 bits per heavy atom. The number of nitrogens with zero attached hydrogens (tertiary/aromatic N) is 1. The van der Waals surface area contributed by atoms with E-state index in [1.165, 1.54) is 18.4 Å². The van der Waals surface area contributed by atoms with Crippen LogP contribution in [0.3, 0.4) is 0 Å². The van der Waals surface area contributed by atoms with E-state index in [1.54, 1.807) is 29.1 Å². The molecule has 8 heteroatoms. The van der Waals surface area contributed by atoms with Gasteiger partial charge in [-0.15, -0.1) is 11.3 Å². The fourth-order valence-corrected chi connectivity index (χ4v) is 3.75. The summed E-state index contributed by atoms with van der Waals surface area (Å²) in [5.74, 6) is -1.000. The summed E-state index contributed by atoms with van der Waals surface area (Å²) in [6.07, 6.45) is 0.130. The second kappa shape index (κ2) is 9.99. The van der Waals surface area contributed by atoms with E-state index in [4.69, 9.17) is 4.74 Å². The Bertz CT molecular complexity index is 1090. The first-order chi connectivity index (χ1) is 14.8. The van der Waals surface area contributed by atoms with Crippen molar-refractivity contribution in [3.05, 3.63) is 80.8 Å². The first kappa shape index (κ1) is 22.2. The molecule has 31 heavy (non-hydrogen) atoms. The second-order valence-electron chi connectivity index (χ2n) is 7.17. The lowest BCUT2D eigenvalue weighted by Crippen LogP contribution is -2.23. The Hall–Kier alpha value is -3.52. The molecule has 0 saturated carbocycles. The van der Waals surface area contributed by atoms with Crippen LogP contribution in [-0.2, 0) is 22.5 Å². The summed E-state index contributed by atoms with van der Waals surface area (Å²) >= 11 is 1.42. The first-order valence-electron chi connectivity index (χ1n) is 9.59. The van der Waals surface area contributed by atoms with Crippen molar-refractivity contribution in [2.75, 3.05) is 12.4 Å². The molecule has 1 aromatic heterocycles. The standard InChI is InChI=1S/C23H23N3O4S/c1-14-4-15(2)6-17(5-14)22(28)24-11-16-7-18(23(29)30-3)9-19(8-16)26-21(27)10-20-12-31-13-25-20/h4-9,12-13H,10-11H2,1-3H3,(H,24,28)(H,26,27). The van der Waals surface area contributed by atoms with E-state index in [9.17, 15) is 14.4 Å². The Morgan fingerprint density at radius 1 is 1.00 bits per heavy atom. The lowest BCUT2D eigenvalue weighted by Gasteiger charge is -2.12. The molecule has 2 amide bonds. The largest absolute Gasteiger partial charge is 0.465 e. The molecule has 3 aromatic rings. The first-order valence-corrected chi connectivity index (χ1v) is 10.5. The van der Waals surface area contributed by atoms with Crippen molar-refractivity contribution in [3.8, 4) is 0 Å². The van der Waals surface area contributed by atoms with Crippen LogP contribution in [-0.4, -0.2) is 29.9 Å². The van der Waals surface area contributed by atoms with Crippen LogP contribution in [0.1, 0.15) is 43.1 Å². The van der Waals surface area contributed by atoms with Gasteiger partial charge >= 0.3 is 5.97 Å². The van der Waals surface area contributed by atoms with Crippen LogP contribution in [0.2, 0.25) is 0 Å². The molecule has 1 heterocycles. The van der Waals surface area contributed by atoms with Gasteiger partial charge in [-0.05, 0) is 49.7 Å². The van der Waals surface area contributed by atoms with Crippen LogP contribution in [0.5, 0.6) is 0 Å². The fourth-order valence-electron chi connectivity index (χ4n) is 3.19. The number of amides is 2. The summed E-state index contributed by atoms with van der Waals surface area (Å²) in [4.78, 5) is 41.0. The highest BCUT2D eigenvalue weighted by atomic mass is 32.1. The zero-order valence-corrected chi connectivity index (χ0v) is 18.3. The number of benzene rings is 2. The van der Waals surface area contributed by atoms with Gasteiger partial charge in [-0.25, -0.2) is 9.78 Å². The number of esters is 1. The highest BCUT2D eigenvalue weighted by Crippen LogP contribution is 2.17. The number of nitrogens with one attached hydrogen (secondary N) is 2. The molecule has 2 aromatic carbocycles. The van der Waals surface area contributed by atoms with Crippen molar-refractivity contribution >= 4 is 34.8 Å². The Balaban J connectivity index is 1.75. The number of aryl methyl sites for hydroxylation is 2. The molecular formula is C23H23N3O4S. The molecule has 0 unspecified atom stereocenters. The van der Waals surface area contributed by atoms with E-state index in [-0.39, 0.29) is 30.3 Å². The van der Waals surface area contributed by atoms with Crippen LogP contribution in [0.25, 0.3) is 0 Å². The minimum Gasteiger partial charge on any atom is -0.465 e. The Labute approximate surface area is 184 Å². The molecule has 3 rings (SSSR count). The molecule has 0 atom stereocenters. The van der Waals surface area contributed by atoms with Crippen molar-refractivity contribution in [2.45, 2.75) is 26.8 Å². The summed E-state index contributed by atoms with van der Waals surface area (Å²) in [7, 11) is 1.29. The van der Waals surface area contributed by atoms with Gasteiger partial charge in [-0.2, -0.15) is 0 Å². The smallest absolute Gasteiger partial charge is 0.337 e. The van der Waals surface area contributed by atoms with E-state index in [0.29, 0.717) is 22.5 Å². The predicted molar refractivity (Wildman–Crippen MR) is 119 cm³/mol. The minimum absolute atomic E-state index is 0.130. The lowest BCUT2D eigenvalue weighted by atomic mass is 10.1. The van der Waals surface area contributed by atoms with Crippen molar-refractivity contribution in [1.82, 2.24) is 10.3 Å². The molecule has 2 N–H and O–H groups in total. The summed E-state index contributed by atoms with van der Waals surface area (Å²) in [6, 6.07) is 10.5. The average Bonchev–Trinajstić information content (AvgIpc) is 3.23. The van der Waals surface area contributed by atoms with Crippen LogP contribution in [0, 0.1) is 13.8 Å². The summed E-state index contributed by atoms with van der Waals surface area (Å²) in [5.41, 5.74) is 6.29. The maximum absolute atomic E-state index is 12.6. The molecule has 0 radical (unpaired) electrons. The Kier molecular flexibility index (Phi) is 7.15. The summed E-state index contributed by atoms with van der Waals surface area (Å²) in [6.45, 7) is 4.06. The predicted octanol–water partition coefficient (Wildman–Crippen LogP) is 3.66. The number of carbonyl (C=O) groups is 3. The number of methoxy groups -OCH3 is 1. The molecule has 7 nitrogen and oxygen atoms in total. The van der Waals surface area contributed by atoms with E-state index < -0.39 is 5.97 Å². The van der Waals surface area contributed by atoms with E-state index >= 15 is 0 Å². The average molecular weight is 438 g/mol. The molecule has 0 saturated heterocycles. The molecule has 0 bridgehead atoms. The third-order valence-electron chi connectivity index (χ3n) is 4.46. The van der Waals surface area contributed by atoms with Gasteiger partial charge in [-0.3, -0.25) is 9.59 Å². The van der Waals surface area contributed by atoms with Crippen molar-refractivity contribution in [2.24, 2.45) is 0 Å². The van der Waals surface area contributed by atoms with Gasteiger partial charge in [0.1, 0.15) is 0 Å². The van der Waals surface area contributed by atoms with Gasteiger partial charge in [0.15, 0.2) is 0 Å². The SMILES string of the molecule is COC(=O)c1cc(CNC(=O)c2cc(C)cc(C)c2)cc(NC(=O)Cc2cscn2)c1. The zero-order chi connectivity index (χ0) is 22.4. The fraction of sp³-hybridized carbons (Fsp3) is 0.217. The van der Waals surface area contributed by atoms with E-state index in [0.717, 1.165) is 11.1 Å². The molecule has 0 aliphatic carbocycles. The monoisotopic (exact) mass is 437 g/mol. The molecule has 0 fully saturated rings. The summed E-state index contributed by atoms with van der Waals surface area (Å²) in [5, 5.41) is 7.44. The van der Waals surface area contributed by atoms with Gasteiger partial charge in [-0.1, -0.05) is 17.2 Å². The quantitative estimate of drug-likeness (QED) is 0.550. The van der Waals surface area contributed by atoms with Gasteiger partial charge in [0, 0.05) is 23.2 Å². The summed E-state index contributed by atoms with van der Waals surface area (Å²) < 4.78 is 4.81. The number of ether oxygens (including phenoxy) is 1. The number of carbonyl (C=O) groups excluding carboxylic acids is 3. The van der Waals surface area contributed by atoms with E-state index in [1.807, 2.05) is 32.0 Å². The van der Waals surface area contributed by atoms with Crippen LogP contribution < -0.4 is 10.6 Å². The van der Waals surface area contributed by atoms with Crippen molar-refractivity contribution in [1.29, 1.82) is 0 Å². The van der Waals surface area contributed by atoms with Crippen molar-refractivity contribution < 1.29 is 19.1 Å². The number of thiazole rings is 1. The zero-order valence-electron chi connectivity index (χ0n) is 17.5.